The van der Waals surface area contributed by atoms with E-state index < -0.39 is 0 Å². The third-order valence-corrected chi connectivity index (χ3v) is 4.44. The first kappa shape index (κ1) is 17.3. The predicted octanol–water partition coefficient (Wildman–Crippen LogP) is 2.87. The fraction of sp³-hybridized carbons (Fsp3) is 0.556. The van der Waals surface area contributed by atoms with Gasteiger partial charge in [0, 0.05) is 31.8 Å². The van der Waals surface area contributed by atoms with E-state index in [0.29, 0.717) is 17.9 Å². The summed E-state index contributed by atoms with van der Waals surface area (Å²) in [5, 5.41) is 0. The molecule has 0 atom stereocenters. The fourth-order valence-electron chi connectivity index (χ4n) is 3.00. The van der Waals surface area contributed by atoms with Gasteiger partial charge in [0.05, 0.1) is 0 Å². The molecule has 0 radical (unpaired) electrons. The standard InChI is InChI=1S/C18H27N3O2/c1-21(2)16-10-6-9-15(13-16)18(23)20-19-17(22)12-11-14-7-4-3-5-8-14/h6,9-10,13-14H,3-5,7-8,11-12H2,1-2H3,(H,19,22)(H,20,23). The second-order valence-electron chi connectivity index (χ2n) is 6.49. The highest BCUT2D eigenvalue weighted by molar-refractivity contribution is 5.96. The average Bonchev–Trinajstić information content (AvgIpc) is 2.58. The summed E-state index contributed by atoms with van der Waals surface area (Å²) in [6, 6.07) is 7.29. The largest absolute Gasteiger partial charge is 0.378 e. The summed E-state index contributed by atoms with van der Waals surface area (Å²) in [7, 11) is 3.84. The van der Waals surface area contributed by atoms with Crippen LogP contribution in [-0.2, 0) is 4.79 Å². The van der Waals surface area contributed by atoms with Crippen molar-refractivity contribution in [2.24, 2.45) is 5.92 Å². The van der Waals surface area contributed by atoms with Gasteiger partial charge in [-0.2, -0.15) is 0 Å². The molecule has 0 heterocycles. The minimum absolute atomic E-state index is 0.118. The van der Waals surface area contributed by atoms with Gasteiger partial charge in [-0.05, 0) is 30.5 Å². The maximum atomic E-state index is 12.1. The van der Waals surface area contributed by atoms with E-state index in [4.69, 9.17) is 0 Å². The minimum Gasteiger partial charge on any atom is -0.378 e. The summed E-state index contributed by atoms with van der Waals surface area (Å²) in [4.78, 5) is 25.9. The zero-order chi connectivity index (χ0) is 16.7. The van der Waals surface area contributed by atoms with Crippen molar-refractivity contribution in [1.29, 1.82) is 0 Å². The molecule has 1 fully saturated rings. The Morgan fingerprint density at radius 2 is 1.87 bits per heavy atom. The summed E-state index contributed by atoms with van der Waals surface area (Å²) < 4.78 is 0. The third kappa shape index (κ3) is 5.58. The van der Waals surface area contributed by atoms with Gasteiger partial charge in [-0.1, -0.05) is 38.2 Å². The number of rotatable bonds is 5. The van der Waals surface area contributed by atoms with Crippen molar-refractivity contribution in [2.45, 2.75) is 44.9 Å². The molecule has 1 aromatic rings. The highest BCUT2D eigenvalue weighted by atomic mass is 16.2. The molecule has 1 aromatic carbocycles. The van der Waals surface area contributed by atoms with Crippen LogP contribution in [-0.4, -0.2) is 25.9 Å². The van der Waals surface area contributed by atoms with Crippen LogP contribution in [0.3, 0.4) is 0 Å². The molecule has 1 saturated carbocycles. The van der Waals surface area contributed by atoms with Crippen molar-refractivity contribution < 1.29 is 9.59 Å². The Morgan fingerprint density at radius 1 is 1.13 bits per heavy atom. The number of benzene rings is 1. The SMILES string of the molecule is CN(C)c1cccc(C(=O)NNC(=O)CCC2CCCCC2)c1. The van der Waals surface area contributed by atoms with E-state index >= 15 is 0 Å². The van der Waals surface area contributed by atoms with Gasteiger partial charge in [0.25, 0.3) is 5.91 Å². The van der Waals surface area contributed by atoms with E-state index in [1.165, 1.54) is 32.1 Å². The first-order valence-corrected chi connectivity index (χ1v) is 8.43. The number of hydrogen-bond acceptors (Lipinski definition) is 3. The molecular formula is C18H27N3O2. The van der Waals surface area contributed by atoms with Crippen LogP contribution in [0.2, 0.25) is 0 Å². The van der Waals surface area contributed by atoms with Gasteiger partial charge in [-0.3, -0.25) is 20.4 Å². The van der Waals surface area contributed by atoms with Gasteiger partial charge in [-0.15, -0.1) is 0 Å². The van der Waals surface area contributed by atoms with Crippen LogP contribution in [0, 0.1) is 5.92 Å². The number of nitrogens with one attached hydrogen (secondary N) is 2. The van der Waals surface area contributed by atoms with Crippen LogP contribution >= 0.6 is 0 Å². The number of nitrogens with zero attached hydrogens (tertiary/aromatic N) is 1. The van der Waals surface area contributed by atoms with Gasteiger partial charge >= 0.3 is 0 Å². The number of anilines is 1. The molecule has 1 aliphatic rings. The molecule has 2 N–H and O–H groups in total. The maximum Gasteiger partial charge on any atom is 0.269 e. The highest BCUT2D eigenvalue weighted by Crippen LogP contribution is 2.27. The van der Waals surface area contributed by atoms with Crippen molar-refractivity contribution in [3.05, 3.63) is 29.8 Å². The monoisotopic (exact) mass is 317 g/mol. The Hall–Kier alpha value is -2.04. The molecule has 126 valence electrons. The predicted molar refractivity (Wildman–Crippen MR) is 92.2 cm³/mol. The lowest BCUT2D eigenvalue weighted by atomic mass is 9.86. The minimum atomic E-state index is -0.292. The molecule has 0 saturated heterocycles. The van der Waals surface area contributed by atoms with Gasteiger partial charge in [0.1, 0.15) is 0 Å². The van der Waals surface area contributed by atoms with Gasteiger partial charge in [-0.25, -0.2) is 0 Å². The number of amides is 2. The molecule has 2 amide bonds. The van der Waals surface area contributed by atoms with Crippen LogP contribution in [0.1, 0.15) is 55.3 Å². The first-order valence-electron chi connectivity index (χ1n) is 8.43. The number of hydrazine groups is 1. The summed E-state index contributed by atoms with van der Waals surface area (Å²) in [5.74, 6) is 0.259. The van der Waals surface area contributed by atoms with Crippen molar-refractivity contribution in [3.8, 4) is 0 Å². The van der Waals surface area contributed by atoms with Crippen LogP contribution in [0.5, 0.6) is 0 Å². The Labute approximate surface area is 138 Å². The Bertz CT molecular complexity index is 537. The summed E-state index contributed by atoms with van der Waals surface area (Å²) in [5.41, 5.74) is 6.49. The third-order valence-electron chi connectivity index (χ3n) is 4.44. The lowest BCUT2D eigenvalue weighted by Crippen LogP contribution is -2.41. The van der Waals surface area contributed by atoms with Gasteiger partial charge < -0.3 is 4.90 Å². The van der Waals surface area contributed by atoms with Crippen LogP contribution < -0.4 is 15.8 Å². The fourth-order valence-corrected chi connectivity index (χ4v) is 3.00. The van der Waals surface area contributed by atoms with Crippen molar-refractivity contribution in [1.82, 2.24) is 10.9 Å². The smallest absolute Gasteiger partial charge is 0.269 e. The second-order valence-corrected chi connectivity index (χ2v) is 6.49. The average molecular weight is 317 g/mol. The molecule has 5 heteroatoms. The van der Waals surface area contributed by atoms with E-state index in [1.807, 2.05) is 31.1 Å². The van der Waals surface area contributed by atoms with Crippen molar-refractivity contribution in [3.63, 3.8) is 0 Å². The number of carbonyl (C=O) groups excluding carboxylic acids is 2. The molecule has 2 rings (SSSR count). The molecule has 0 aromatic heterocycles. The molecule has 1 aliphatic carbocycles. The summed E-state index contributed by atoms with van der Waals surface area (Å²) in [6.45, 7) is 0. The number of carbonyl (C=O) groups is 2. The molecule has 0 aliphatic heterocycles. The quantitative estimate of drug-likeness (QED) is 0.821. The van der Waals surface area contributed by atoms with Gasteiger partial charge in [0.2, 0.25) is 5.91 Å². The molecule has 5 nitrogen and oxygen atoms in total. The maximum absolute atomic E-state index is 12.1. The van der Waals surface area contributed by atoms with E-state index in [0.717, 1.165) is 12.1 Å². The van der Waals surface area contributed by atoms with Crippen LogP contribution in [0.25, 0.3) is 0 Å². The Kier molecular flexibility index (Phi) is 6.44. The molecule has 0 spiro atoms. The molecule has 0 bridgehead atoms. The topological polar surface area (TPSA) is 61.4 Å². The van der Waals surface area contributed by atoms with Crippen LogP contribution in [0.15, 0.2) is 24.3 Å². The summed E-state index contributed by atoms with van der Waals surface area (Å²) >= 11 is 0. The highest BCUT2D eigenvalue weighted by Gasteiger charge is 2.15. The first-order chi connectivity index (χ1) is 11.1. The van der Waals surface area contributed by atoms with E-state index in [2.05, 4.69) is 10.9 Å². The number of hydrogen-bond donors (Lipinski definition) is 2. The van der Waals surface area contributed by atoms with Gasteiger partial charge in [0.15, 0.2) is 0 Å². The Morgan fingerprint density at radius 3 is 2.57 bits per heavy atom. The lowest BCUT2D eigenvalue weighted by molar-refractivity contribution is -0.122. The zero-order valence-electron chi connectivity index (χ0n) is 14.1. The van der Waals surface area contributed by atoms with Crippen molar-refractivity contribution in [2.75, 3.05) is 19.0 Å². The molecular weight excluding hydrogens is 290 g/mol. The van der Waals surface area contributed by atoms with Crippen LogP contribution in [0.4, 0.5) is 5.69 Å². The van der Waals surface area contributed by atoms with E-state index in [9.17, 15) is 9.59 Å². The molecule has 23 heavy (non-hydrogen) atoms. The van der Waals surface area contributed by atoms with E-state index in [1.54, 1.807) is 12.1 Å². The normalized spacial score (nSPS) is 15.0. The second kappa shape index (κ2) is 8.56. The van der Waals surface area contributed by atoms with Crippen molar-refractivity contribution >= 4 is 17.5 Å². The summed E-state index contributed by atoms with van der Waals surface area (Å²) in [6.07, 6.45) is 7.75. The van der Waals surface area contributed by atoms with E-state index in [-0.39, 0.29) is 11.8 Å². The Balaban J connectivity index is 1.75. The molecule has 0 unspecified atom stereocenters. The lowest BCUT2D eigenvalue weighted by Gasteiger charge is -2.21. The zero-order valence-corrected chi connectivity index (χ0v) is 14.1.